The number of amides is 1. The molecule has 0 aliphatic carbocycles. The number of nitrogens with zero attached hydrogens (tertiary/aromatic N) is 4. The molecule has 0 aromatic carbocycles. The molecule has 1 aromatic rings. The normalized spacial score (nSPS) is 13.0. The van der Waals surface area contributed by atoms with E-state index in [0.29, 0.717) is 0 Å². The number of hydrogen-bond donors (Lipinski definition) is 0. The Morgan fingerprint density at radius 1 is 1.41 bits per heavy atom. The summed E-state index contributed by atoms with van der Waals surface area (Å²) in [4.78, 5) is 15.4. The quantitative estimate of drug-likeness (QED) is 0.529. The summed E-state index contributed by atoms with van der Waals surface area (Å²) in [5.74, 6) is 0. The summed E-state index contributed by atoms with van der Waals surface area (Å²) >= 11 is -0.734. The predicted octanol–water partition coefficient (Wildman–Crippen LogP) is 2.29. The molecule has 1 atom stereocenters. The molecule has 6 nitrogen and oxygen atoms in total. The van der Waals surface area contributed by atoms with E-state index in [1.165, 1.54) is 17.3 Å². The summed E-state index contributed by atoms with van der Waals surface area (Å²) in [6, 6.07) is -0.124. The third kappa shape index (κ3) is 5.78. The van der Waals surface area contributed by atoms with E-state index in [2.05, 4.69) is 17.1 Å². The molecule has 0 aliphatic heterocycles. The van der Waals surface area contributed by atoms with Crippen molar-refractivity contribution in [2.24, 2.45) is 7.05 Å². The van der Waals surface area contributed by atoms with Crippen molar-refractivity contribution in [3.05, 3.63) is 5.69 Å². The summed E-state index contributed by atoms with van der Waals surface area (Å²) in [7, 11) is 3.60. The molecule has 7 heteroatoms. The van der Waals surface area contributed by atoms with Crippen molar-refractivity contribution in [1.29, 1.82) is 0 Å². The summed E-state index contributed by atoms with van der Waals surface area (Å²) in [6.45, 7) is 9.80. The maximum atomic E-state index is 12.2. The number of aryl methyl sites for hydroxylation is 1. The van der Waals surface area contributed by atoms with Gasteiger partial charge in [0.05, 0.1) is 0 Å². The SMILES string of the molecule is CCC[CH2][Sn][c]1nn(C)nc1C(C)N(C)C(=O)OC(C)(C)C. The average molecular weight is 415 g/mol. The molecular formula is C15H28N4O2Sn. The molecule has 1 rings (SSSR count). The Bertz CT molecular complexity index is 496. The van der Waals surface area contributed by atoms with E-state index in [-0.39, 0.29) is 12.1 Å². The fourth-order valence-electron chi connectivity index (χ4n) is 1.89. The molecule has 0 saturated carbocycles. The minimum absolute atomic E-state index is 0.124. The Morgan fingerprint density at radius 2 is 2.05 bits per heavy atom. The van der Waals surface area contributed by atoms with Crippen LogP contribution in [0.15, 0.2) is 0 Å². The fraction of sp³-hybridized carbons (Fsp3) is 0.800. The van der Waals surface area contributed by atoms with Crippen molar-refractivity contribution in [2.45, 2.75) is 63.5 Å². The van der Waals surface area contributed by atoms with Crippen molar-refractivity contribution >= 4 is 30.9 Å². The number of hydrogen-bond acceptors (Lipinski definition) is 4. The van der Waals surface area contributed by atoms with Crippen molar-refractivity contribution in [3.63, 3.8) is 0 Å². The van der Waals surface area contributed by atoms with Gasteiger partial charge in [-0.25, -0.2) is 0 Å². The van der Waals surface area contributed by atoms with Crippen molar-refractivity contribution in [2.75, 3.05) is 7.05 Å². The van der Waals surface area contributed by atoms with Gasteiger partial charge in [0, 0.05) is 0 Å². The molecule has 124 valence electrons. The molecule has 0 fully saturated rings. The topological polar surface area (TPSA) is 60.2 Å². The van der Waals surface area contributed by atoms with Crippen LogP contribution in [0, 0.1) is 0 Å². The number of ether oxygens (including phenoxy) is 1. The van der Waals surface area contributed by atoms with Crippen LogP contribution in [0.1, 0.15) is 59.2 Å². The van der Waals surface area contributed by atoms with Gasteiger partial charge in [-0.1, -0.05) is 0 Å². The Morgan fingerprint density at radius 3 is 2.59 bits per heavy atom. The van der Waals surface area contributed by atoms with E-state index >= 15 is 0 Å². The van der Waals surface area contributed by atoms with Gasteiger partial charge >= 0.3 is 144 Å². The van der Waals surface area contributed by atoms with Crippen LogP contribution in [0.3, 0.4) is 0 Å². The van der Waals surface area contributed by atoms with Crippen LogP contribution in [0.4, 0.5) is 4.79 Å². The van der Waals surface area contributed by atoms with Gasteiger partial charge in [-0.05, 0) is 0 Å². The van der Waals surface area contributed by atoms with Crippen LogP contribution < -0.4 is 3.71 Å². The van der Waals surface area contributed by atoms with Gasteiger partial charge in [0.1, 0.15) is 0 Å². The average Bonchev–Trinajstić information content (AvgIpc) is 2.76. The van der Waals surface area contributed by atoms with Crippen LogP contribution in [-0.2, 0) is 11.8 Å². The molecular weight excluding hydrogens is 387 g/mol. The van der Waals surface area contributed by atoms with Gasteiger partial charge in [0.15, 0.2) is 0 Å². The Balaban J connectivity index is 2.83. The third-order valence-electron chi connectivity index (χ3n) is 3.22. The first-order chi connectivity index (χ1) is 10.2. The van der Waals surface area contributed by atoms with Crippen LogP contribution in [0.5, 0.6) is 0 Å². The molecule has 2 radical (unpaired) electrons. The van der Waals surface area contributed by atoms with Crippen molar-refractivity contribution < 1.29 is 9.53 Å². The first-order valence-electron chi connectivity index (χ1n) is 7.76. The Hall–Kier alpha value is -0.791. The second kappa shape index (κ2) is 8.17. The van der Waals surface area contributed by atoms with Gasteiger partial charge < -0.3 is 0 Å². The van der Waals surface area contributed by atoms with E-state index in [9.17, 15) is 4.79 Å². The molecule has 0 N–H and O–H groups in total. The standard InChI is InChI=1S/C11H19N4O2.C4H9.Sn/c1-8(9-7-12-15(6)13-9)14(5)10(16)17-11(2,3)4;1-3-4-2;/h8H,1-6H3;1,3-4H2,2H3;. The first kappa shape index (κ1) is 19.3. The van der Waals surface area contributed by atoms with Gasteiger partial charge in [0.2, 0.25) is 0 Å². The van der Waals surface area contributed by atoms with Crippen LogP contribution >= 0.6 is 0 Å². The zero-order valence-electron chi connectivity index (χ0n) is 14.8. The molecule has 0 bridgehead atoms. The molecule has 22 heavy (non-hydrogen) atoms. The van der Waals surface area contributed by atoms with E-state index in [1.54, 1.807) is 16.7 Å². The van der Waals surface area contributed by atoms with Gasteiger partial charge in [0.25, 0.3) is 0 Å². The van der Waals surface area contributed by atoms with Gasteiger partial charge in [-0.15, -0.1) is 0 Å². The number of unbranched alkanes of at least 4 members (excludes halogenated alkanes) is 1. The minimum atomic E-state index is -0.734. The Labute approximate surface area is 143 Å². The molecule has 0 spiro atoms. The second-order valence-corrected chi connectivity index (χ2v) is 10.3. The molecule has 1 heterocycles. The van der Waals surface area contributed by atoms with E-state index in [0.717, 1.165) is 9.40 Å². The summed E-state index contributed by atoms with van der Waals surface area (Å²) < 4.78 is 7.83. The maximum absolute atomic E-state index is 12.2. The third-order valence-corrected chi connectivity index (χ3v) is 6.92. The zero-order chi connectivity index (χ0) is 16.9. The van der Waals surface area contributed by atoms with Crippen LogP contribution in [-0.4, -0.2) is 59.8 Å². The van der Waals surface area contributed by atoms with Crippen molar-refractivity contribution in [3.8, 4) is 0 Å². The second-order valence-electron chi connectivity index (χ2n) is 6.47. The van der Waals surface area contributed by atoms with E-state index in [4.69, 9.17) is 4.74 Å². The summed E-state index contributed by atoms with van der Waals surface area (Å²) in [5.41, 5.74) is 0.437. The predicted molar refractivity (Wildman–Crippen MR) is 88.5 cm³/mol. The monoisotopic (exact) mass is 416 g/mol. The summed E-state index contributed by atoms with van der Waals surface area (Å²) in [5, 5.41) is 9.01. The zero-order valence-corrected chi connectivity index (χ0v) is 17.7. The molecule has 1 amide bonds. The number of carbonyl (C=O) groups is 1. The molecule has 0 saturated heterocycles. The number of carbonyl (C=O) groups excluding carboxylic acids is 1. The Kier molecular flexibility index (Phi) is 7.15. The fourth-order valence-corrected chi connectivity index (χ4v) is 5.95. The van der Waals surface area contributed by atoms with Crippen LogP contribution in [0.25, 0.3) is 0 Å². The van der Waals surface area contributed by atoms with Crippen molar-refractivity contribution in [1.82, 2.24) is 19.9 Å². The van der Waals surface area contributed by atoms with E-state index < -0.39 is 26.7 Å². The first-order valence-corrected chi connectivity index (χ1v) is 11.2. The van der Waals surface area contributed by atoms with Gasteiger partial charge in [-0.3, -0.25) is 0 Å². The summed E-state index contributed by atoms with van der Waals surface area (Å²) in [6.07, 6.45) is 2.14. The number of rotatable bonds is 6. The molecule has 1 unspecified atom stereocenters. The number of aromatic nitrogens is 3. The van der Waals surface area contributed by atoms with Crippen LogP contribution in [0.2, 0.25) is 4.44 Å². The molecule has 0 aliphatic rings. The molecule has 1 aromatic heterocycles. The van der Waals surface area contributed by atoms with E-state index in [1.807, 2.05) is 34.7 Å². The van der Waals surface area contributed by atoms with Gasteiger partial charge in [-0.2, -0.15) is 0 Å².